The molecule has 1 aromatic rings. The molecular formula is C15H20O3. The minimum Gasteiger partial charge on any atom is -0.490 e. The summed E-state index contributed by atoms with van der Waals surface area (Å²) in [5.41, 5.74) is 2.16. The molecule has 1 N–H and O–H groups in total. The monoisotopic (exact) mass is 248 g/mol. The summed E-state index contributed by atoms with van der Waals surface area (Å²) in [5.74, 6) is 0.961. The third-order valence-electron chi connectivity index (χ3n) is 3.83. The Hall–Kier alpha value is -1.06. The predicted molar refractivity (Wildman–Crippen MR) is 68.8 cm³/mol. The third kappa shape index (κ3) is 2.25. The Kier molecular flexibility index (Phi) is 3.27. The number of aliphatic hydroxyl groups excluding tert-OH is 1. The molecule has 0 radical (unpaired) electrons. The van der Waals surface area contributed by atoms with E-state index < -0.39 is 6.10 Å². The number of fused-ring (bicyclic) bond motifs is 1. The van der Waals surface area contributed by atoms with Crippen molar-refractivity contribution in [3.63, 3.8) is 0 Å². The van der Waals surface area contributed by atoms with Crippen LogP contribution in [0.25, 0.3) is 0 Å². The van der Waals surface area contributed by atoms with E-state index in [1.165, 1.54) is 5.56 Å². The summed E-state index contributed by atoms with van der Waals surface area (Å²) in [6.07, 6.45) is 3.83. The standard InChI is InChI=1S/C15H20O3/c1-10-8-12-9-11(5-6-13(12)18-10)15(16)14-4-2-3-7-17-14/h5-6,9-10,14-16H,2-4,7-8H2,1H3. The molecule has 1 fully saturated rings. The van der Waals surface area contributed by atoms with E-state index in [1.54, 1.807) is 0 Å². The summed E-state index contributed by atoms with van der Waals surface area (Å²) in [6.45, 7) is 2.84. The molecule has 3 rings (SSSR count). The van der Waals surface area contributed by atoms with Gasteiger partial charge in [0.25, 0.3) is 0 Å². The van der Waals surface area contributed by atoms with Gasteiger partial charge in [0, 0.05) is 13.0 Å². The molecule has 98 valence electrons. The van der Waals surface area contributed by atoms with Crippen molar-refractivity contribution in [2.45, 2.75) is 50.9 Å². The van der Waals surface area contributed by atoms with Crippen LogP contribution in [-0.4, -0.2) is 23.9 Å². The first-order valence-corrected chi connectivity index (χ1v) is 6.83. The van der Waals surface area contributed by atoms with Gasteiger partial charge in [-0.2, -0.15) is 0 Å². The Morgan fingerprint density at radius 3 is 3.00 bits per heavy atom. The highest BCUT2D eigenvalue weighted by Crippen LogP contribution is 2.33. The van der Waals surface area contributed by atoms with Crippen LogP contribution >= 0.6 is 0 Å². The van der Waals surface area contributed by atoms with Gasteiger partial charge in [-0.05, 0) is 49.4 Å². The lowest BCUT2D eigenvalue weighted by Gasteiger charge is -2.27. The topological polar surface area (TPSA) is 38.7 Å². The lowest BCUT2D eigenvalue weighted by atomic mass is 9.96. The molecule has 1 aromatic carbocycles. The minimum atomic E-state index is -0.508. The summed E-state index contributed by atoms with van der Waals surface area (Å²) >= 11 is 0. The first-order chi connectivity index (χ1) is 8.74. The molecule has 0 aliphatic carbocycles. The average Bonchev–Trinajstić information content (AvgIpc) is 2.78. The Labute approximate surface area is 108 Å². The molecule has 3 atom stereocenters. The van der Waals surface area contributed by atoms with Crippen LogP contribution in [0.2, 0.25) is 0 Å². The van der Waals surface area contributed by atoms with Gasteiger partial charge in [-0.1, -0.05) is 6.07 Å². The van der Waals surface area contributed by atoms with E-state index in [0.717, 1.165) is 43.6 Å². The van der Waals surface area contributed by atoms with E-state index in [1.807, 2.05) is 12.1 Å². The van der Waals surface area contributed by atoms with Crippen LogP contribution in [0.4, 0.5) is 0 Å². The van der Waals surface area contributed by atoms with Crippen molar-refractivity contribution in [1.82, 2.24) is 0 Å². The second-order valence-corrected chi connectivity index (χ2v) is 5.35. The maximum Gasteiger partial charge on any atom is 0.123 e. The fraction of sp³-hybridized carbons (Fsp3) is 0.600. The summed E-state index contributed by atoms with van der Waals surface area (Å²) in [6, 6.07) is 6.00. The van der Waals surface area contributed by atoms with Gasteiger partial charge in [-0.25, -0.2) is 0 Å². The summed E-state index contributed by atoms with van der Waals surface area (Å²) in [4.78, 5) is 0. The van der Waals surface area contributed by atoms with Crippen LogP contribution in [0, 0.1) is 0 Å². The SMILES string of the molecule is CC1Cc2cc(C(O)C3CCCCO3)ccc2O1. The van der Waals surface area contributed by atoms with E-state index in [0.29, 0.717) is 0 Å². The van der Waals surface area contributed by atoms with Gasteiger partial charge < -0.3 is 14.6 Å². The van der Waals surface area contributed by atoms with Crippen molar-refractivity contribution in [3.8, 4) is 5.75 Å². The molecule has 2 aliphatic heterocycles. The smallest absolute Gasteiger partial charge is 0.123 e. The van der Waals surface area contributed by atoms with Gasteiger partial charge in [-0.3, -0.25) is 0 Å². The van der Waals surface area contributed by atoms with Gasteiger partial charge in [0.05, 0.1) is 6.10 Å². The molecule has 1 saturated heterocycles. The van der Waals surface area contributed by atoms with Gasteiger partial charge in [-0.15, -0.1) is 0 Å². The molecule has 3 unspecified atom stereocenters. The first kappa shape index (κ1) is 12.0. The first-order valence-electron chi connectivity index (χ1n) is 6.83. The Balaban J connectivity index is 1.78. The Morgan fingerprint density at radius 1 is 1.33 bits per heavy atom. The molecule has 18 heavy (non-hydrogen) atoms. The van der Waals surface area contributed by atoms with Crippen molar-refractivity contribution in [1.29, 1.82) is 0 Å². The molecule has 0 saturated carbocycles. The van der Waals surface area contributed by atoms with Crippen LogP contribution in [0.3, 0.4) is 0 Å². The van der Waals surface area contributed by atoms with Crippen LogP contribution in [0.15, 0.2) is 18.2 Å². The Bertz CT molecular complexity index is 424. The quantitative estimate of drug-likeness (QED) is 0.874. The maximum absolute atomic E-state index is 10.4. The fourth-order valence-electron chi connectivity index (χ4n) is 2.86. The summed E-state index contributed by atoms with van der Waals surface area (Å²) in [5, 5.41) is 10.4. The third-order valence-corrected chi connectivity index (χ3v) is 3.83. The normalized spacial score (nSPS) is 28.6. The molecule has 2 aliphatic rings. The second kappa shape index (κ2) is 4.90. The zero-order valence-electron chi connectivity index (χ0n) is 10.8. The zero-order valence-corrected chi connectivity index (χ0v) is 10.8. The summed E-state index contributed by atoms with van der Waals surface area (Å²) in [7, 11) is 0. The molecule has 3 nitrogen and oxygen atoms in total. The summed E-state index contributed by atoms with van der Waals surface area (Å²) < 4.78 is 11.3. The van der Waals surface area contributed by atoms with E-state index >= 15 is 0 Å². The van der Waals surface area contributed by atoms with Crippen LogP contribution in [0.1, 0.15) is 43.4 Å². The number of hydrogen-bond acceptors (Lipinski definition) is 3. The Morgan fingerprint density at radius 2 is 2.22 bits per heavy atom. The van der Waals surface area contributed by atoms with Gasteiger partial charge in [0.15, 0.2) is 0 Å². The maximum atomic E-state index is 10.4. The lowest BCUT2D eigenvalue weighted by Crippen LogP contribution is -2.26. The van der Waals surface area contributed by atoms with Gasteiger partial charge in [0.1, 0.15) is 18.0 Å². The van der Waals surface area contributed by atoms with E-state index in [2.05, 4.69) is 13.0 Å². The number of ether oxygens (including phenoxy) is 2. The highest BCUT2D eigenvalue weighted by atomic mass is 16.5. The number of aliphatic hydroxyl groups is 1. The van der Waals surface area contributed by atoms with Gasteiger partial charge in [0.2, 0.25) is 0 Å². The molecule has 2 heterocycles. The van der Waals surface area contributed by atoms with Crippen LogP contribution < -0.4 is 4.74 Å². The minimum absolute atomic E-state index is 0.0449. The van der Waals surface area contributed by atoms with Crippen molar-refractivity contribution in [2.75, 3.05) is 6.61 Å². The van der Waals surface area contributed by atoms with Crippen LogP contribution in [-0.2, 0) is 11.2 Å². The van der Waals surface area contributed by atoms with Crippen molar-refractivity contribution < 1.29 is 14.6 Å². The number of hydrogen-bond donors (Lipinski definition) is 1. The second-order valence-electron chi connectivity index (χ2n) is 5.35. The molecule has 0 aromatic heterocycles. The largest absolute Gasteiger partial charge is 0.490 e. The lowest BCUT2D eigenvalue weighted by molar-refractivity contribution is -0.0633. The van der Waals surface area contributed by atoms with Crippen molar-refractivity contribution >= 4 is 0 Å². The average molecular weight is 248 g/mol. The predicted octanol–water partition coefficient (Wildman–Crippen LogP) is 2.61. The molecule has 3 heteroatoms. The number of rotatable bonds is 2. The zero-order chi connectivity index (χ0) is 12.5. The van der Waals surface area contributed by atoms with Crippen molar-refractivity contribution in [3.05, 3.63) is 29.3 Å². The van der Waals surface area contributed by atoms with E-state index in [9.17, 15) is 5.11 Å². The van der Waals surface area contributed by atoms with E-state index in [-0.39, 0.29) is 12.2 Å². The fourth-order valence-corrected chi connectivity index (χ4v) is 2.86. The highest BCUT2D eigenvalue weighted by molar-refractivity contribution is 5.41. The van der Waals surface area contributed by atoms with Crippen LogP contribution in [0.5, 0.6) is 5.75 Å². The molecule has 0 amide bonds. The molecule has 0 spiro atoms. The highest BCUT2D eigenvalue weighted by Gasteiger charge is 2.26. The van der Waals surface area contributed by atoms with Gasteiger partial charge >= 0.3 is 0 Å². The van der Waals surface area contributed by atoms with Crippen molar-refractivity contribution in [2.24, 2.45) is 0 Å². The molecular weight excluding hydrogens is 228 g/mol. The molecule has 0 bridgehead atoms. The van der Waals surface area contributed by atoms with E-state index in [4.69, 9.17) is 9.47 Å². The number of benzene rings is 1.